The molecule has 0 aliphatic rings. The summed E-state index contributed by atoms with van der Waals surface area (Å²) in [4.78, 5) is -1.63. The van der Waals surface area contributed by atoms with E-state index in [0.29, 0.717) is 24.3 Å². The normalized spacial score (nSPS) is 11.2. The summed E-state index contributed by atoms with van der Waals surface area (Å²) in [6, 6.07) is 4.72. The van der Waals surface area contributed by atoms with E-state index in [-0.39, 0.29) is 0 Å². The molecule has 1 rings (SSSR count). The predicted octanol–water partition coefficient (Wildman–Crippen LogP) is -0.0746. The molecule has 20 heavy (non-hydrogen) atoms. The number of nitrogens with zero attached hydrogens (tertiary/aromatic N) is 2. The first-order chi connectivity index (χ1) is 9.09. The Bertz CT molecular complexity index is 853. The third-order valence-electron chi connectivity index (χ3n) is 2.08. The van der Waals surface area contributed by atoms with Gasteiger partial charge in [0, 0.05) is 0 Å². The lowest BCUT2D eigenvalue weighted by molar-refractivity contribution is 0.458. The van der Waals surface area contributed by atoms with Crippen LogP contribution in [0.3, 0.4) is 0 Å². The van der Waals surface area contributed by atoms with Gasteiger partial charge in [-0.3, -0.25) is 0 Å². The smallest absolute Gasteiger partial charge is 0.130 e. The molecule has 0 aromatic heterocycles. The highest BCUT2D eigenvalue weighted by atomic mass is 32.2. The number of allylic oxidation sites excluding steroid dienone is 1. The maximum Gasteiger partial charge on any atom is 0.130 e. The van der Waals surface area contributed by atoms with Crippen LogP contribution in [-0.2, 0) is 20.2 Å². The first-order valence-corrected chi connectivity index (χ1v) is 7.49. The zero-order valence-corrected chi connectivity index (χ0v) is 11.1. The van der Waals surface area contributed by atoms with Gasteiger partial charge < -0.3 is 9.11 Å². The standard InChI is InChI=1S/C10H6N2O6S2/c11-5-7(6-12)3-8-4-9(19(13,14)15)1-2-10(8)20(16,17)18/h1-4H,(H,13,14,15)(H,16,17,18)/p-2. The molecular formula is C10H4N2O6S2-2. The molecule has 0 bridgehead atoms. The lowest BCUT2D eigenvalue weighted by atomic mass is 10.1. The molecule has 0 saturated heterocycles. The molecule has 0 radical (unpaired) electrons. The van der Waals surface area contributed by atoms with Crippen LogP contribution >= 0.6 is 0 Å². The van der Waals surface area contributed by atoms with Gasteiger partial charge in [0.05, 0.1) is 9.79 Å². The Morgan fingerprint density at radius 1 is 1.05 bits per heavy atom. The second kappa shape index (κ2) is 5.40. The van der Waals surface area contributed by atoms with Crippen LogP contribution in [0.15, 0.2) is 33.6 Å². The number of rotatable bonds is 3. The van der Waals surface area contributed by atoms with Crippen LogP contribution in [0.2, 0.25) is 0 Å². The molecule has 0 spiro atoms. The molecule has 0 atom stereocenters. The van der Waals surface area contributed by atoms with Gasteiger partial charge in [0.1, 0.15) is 37.9 Å². The van der Waals surface area contributed by atoms with Gasteiger partial charge in [-0.2, -0.15) is 10.5 Å². The molecular weight excluding hydrogens is 308 g/mol. The fourth-order valence-electron chi connectivity index (χ4n) is 1.27. The van der Waals surface area contributed by atoms with Crippen LogP contribution in [0.1, 0.15) is 5.56 Å². The number of nitriles is 2. The van der Waals surface area contributed by atoms with Crippen molar-refractivity contribution in [3.8, 4) is 12.1 Å². The molecule has 0 heterocycles. The van der Waals surface area contributed by atoms with E-state index < -0.39 is 41.2 Å². The first kappa shape index (κ1) is 15.8. The van der Waals surface area contributed by atoms with E-state index in [4.69, 9.17) is 10.5 Å². The monoisotopic (exact) mass is 312 g/mol. The topological polar surface area (TPSA) is 162 Å². The fourth-order valence-corrected chi connectivity index (χ4v) is 2.41. The summed E-state index contributed by atoms with van der Waals surface area (Å²) in [6.45, 7) is 0. The molecule has 0 N–H and O–H groups in total. The van der Waals surface area contributed by atoms with E-state index in [1.165, 1.54) is 12.1 Å². The molecule has 0 aliphatic heterocycles. The Labute approximate surface area is 114 Å². The van der Waals surface area contributed by atoms with Crippen molar-refractivity contribution >= 4 is 26.3 Å². The Hall–Kier alpha value is -2.24. The van der Waals surface area contributed by atoms with Crippen LogP contribution in [0.4, 0.5) is 0 Å². The molecule has 10 heteroatoms. The predicted molar refractivity (Wildman–Crippen MR) is 61.6 cm³/mol. The van der Waals surface area contributed by atoms with Gasteiger partial charge in [-0.1, -0.05) is 0 Å². The van der Waals surface area contributed by atoms with Crippen LogP contribution in [0.25, 0.3) is 6.08 Å². The highest BCUT2D eigenvalue weighted by Crippen LogP contribution is 2.22. The molecule has 0 amide bonds. The van der Waals surface area contributed by atoms with Gasteiger partial charge in [-0.15, -0.1) is 0 Å². The van der Waals surface area contributed by atoms with Crippen molar-refractivity contribution in [1.82, 2.24) is 0 Å². The second-order valence-electron chi connectivity index (χ2n) is 3.39. The van der Waals surface area contributed by atoms with E-state index in [0.717, 1.165) is 0 Å². The SMILES string of the molecule is N#CC(C#N)=Cc1cc(S(=O)(=O)[O-])ccc1S(=O)(=O)[O-]. The maximum atomic E-state index is 11.0. The van der Waals surface area contributed by atoms with Crippen LogP contribution in [0, 0.1) is 22.7 Å². The largest absolute Gasteiger partial charge is 0.744 e. The van der Waals surface area contributed by atoms with E-state index >= 15 is 0 Å². The van der Waals surface area contributed by atoms with Crippen molar-refractivity contribution in [3.05, 3.63) is 29.3 Å². The van der Waals surface area contributed by atoms with Gasteiger partial charge in [0.25, 0.3) is 0 Å². The van der Waals surface area contributed by atoms with Gasteiger partial charge in [-0.25, -0.2) is 16.8 Å². The van der Waals surface area contributed by atoms with Gasteiger partial charge in [0.2, 0.25) is 0 Å². The molecule has 1 aromatic carbocycles. The summed E-state index contributed by atoms with van der Waals surface area (Å²) in [5, 5.41) is 17.1. The molecule has 0 saturated carbocycles. The number of hydrogen-bond acceptors (Lipinski definition) is 8. The van der Waals surface area contributed by atoms with E-state index in [1.54, 1.807) is 0 Å². The van der Waals surface area contributed by atoms with E-state index in [9.17, 15) is 25.9 Å². The molecule has 8 nitrogen and oxygen atoms in total. The molecule has 0 aliphatic carbocycles. The van der Waals surface area contributed by atoms with E-state index in [1.807, 2.05) is 0 Å². The molecule has 1 aromatic rings. The summed E-state index contributed by atoms with van der Waals surface area (Å²) < 4.78 is 65.5. The Morgan fingerprint density at radius 3 is 2.00 bits per heavy atom. The summed E-state index contributed by atoms with van der Waals surface area (Å²) in [5.74, 6) is 0. The Morgan fingerprint density at radius 2 is 1.60 bits per heavy atom. The third-order valence-corrected chi connectivity index (χ3v) is 3.82. The zero-order valence-electron chi connectivity index (χ0n) is 9.47. The summed E-state index contributed by atoms with van der Waals surface area (Å²) in [7, 11) is -9.85. The van der Waals surface area contributed by atoms with Gasteiger partial charge >= 0.3 is 0 Å². The van der Waals surface area contributed by atoms with Crippen molar-refractivity contribution in [2.24, 2.45) is 0 Å². The average Bonchev–Trinajstić information content (AvgIpc) is 2.33. The van der Waals surface area contributed by atoms with Crippen molar-refractivity contribution in [1.29, 1.82) is 10.5 Å². The highest BCUT2D eigenvalue weighted by molar-refractivity contribution is 7.86. The summed E-state index contributed by atoms with van der Waals surface area (Å²) >= 11 is 0. The van der Waals surface area contributed by atoms with Crippen LogP contribution < -0.4 is 0 Å². The van der Waals surface area contributed by atoms with Crippen molar-refractivity contribution in [3.63, 3.8) is 0 Å². The number of benzene rings is 1. The molecule has 0 fully saturated rings. The van der Waals surface area contributed by atoms with Gasteiger partial charge in [-0.05, 0) is 29.8 Å². The maximum absolute atomic E-state index is 11.0. The first-order valence-electron chi connectivity index (χ1n) is 4.67. The quantitative estimate of drug-likeness (QED) is 0.552. The molecule has 104 valence electrons. The minimum Gasteiger partial charge on any atom is -0.744 e. The second-order valence-corrected chi connectivity index (χ2v) is 6.12. The Kier molecular flexibility index (Phi) is 4.27. The zero-order chi connectivity index (χ0) is 15.6. The third kappa shape index (κ3) is 3.63. The van der Waals surface area contributed by atoms with Crippen molar-refractivity contribution < 1.29 is 25.9 Å². The molecule has 0 unspecified atom stereocenters. The lowest BCUT2D eigenvalue weighted by Gasteiger charge is -2.13. The summed E-state index contributed by atoms with van der Waals surface area (Å²) in [6.07, 6.45) is 0.708. The van der Waals surface area contributed by atoms with Crippen LogP contribution in [0.5, 0.6) is 0 Å². The number of hydrogen-bond donors (Lipinski definition) is 0. The van der Waals surface area contributed by atoms with Crippen LogP contribution in [-0.4, -0.2) is 25.9 Å². The van der Waals surface area contributed by atoms with E-state index in [2.05, 4.69) is 0 Å². The summed E-state index contributed by atoms with van der Waals surface area (Å²) in [5.41, 5.74) is -1.08. The van der Waals surface area contributed by atoms with Crippen molar-refractivity contribution in [2.45, 2.75) is 9.79 Å². The lowest BCUT2D eigenvalue weighted by Crippen LogP contribution is -2.05. The minimum absolute atomic E-state index is 0.518. The Balaban J connectivity index is 3.74. The minimum atomic E-state index is -4.97. The van der Waals surface area contributed by atoms with Gasteiger partial charge in [0.15, 0.2) is 0 Å². The van der Waals surface area contributed by atoms with Crippen molar-refractivity contribution in [2.75, 3.05) is 0 Å². The highest BCUT2D eigenvalue weighted by Gasteiger charge is 2.12. The fraction of sp³-hybridized carbons (Fsp3) is 0. The average molecular weight is 312 g/mol.